The van der Waals surface area contributed by atoms with Crippen LogP contribution >= 0.6 is 0 Å². The van der Waals surface area contributed by atoms with Crippen molar-refractivity contribution >= 4 is 49.0 Å². The summed E-state index contributed by atoms with van der Waals surface area (Å²) in [5.74, 6) is -0.249. The van der Waals surface area contributed by atoms with Gasteiger partial charge in [-0.05, 0) is 59.3 Å². The lowest BCUT2D eigenvalue weighted by Crippen LogP contribution is -2.14. The molecule has 0 saturated carbocycles. The Bertz CT molecular complexity index is 1540. The molecule has 0 spiro atoms. The Morgan fingerprint density at radius 1 is 0.844 bits per heavy atom. The van der Waals surface area contributed by atoms with Crippen LogP contribution in [0.15, 0.2) is 101 Å². The largest absolute Gasteiger partial charge is 0.451 e. The number of sulfonamides is 1. The Kier molecular flexibility index (Phi) is 4.84. The molecule has 0 aliphatic rings. The van der Waals surface area contributed by atoms with Crippen LogP contribution in [0.25, 0.3) is 21.7 Å². The molecule has 0 aliphatic carbocycles. The van der Waals surface area contributed by atoms with Crippen molar-refractivity contribution in [3.05, 3.63) is 97.0 Å². The molecular formula is C24H17N3O4S. The van der Waals surface area contributed by atoms with E-state index in [1.807, 2.05) is 36.4 Å². The fourth-order valence-electron chi connectivity index (χ4n) is 3.45. The van der Waals surface area contributed by atoms with Gasteiger partial charge >= 0.3 is 0 Å². The average Bonchev–Trinajstić information content (AvgIpc) is 3.25. The molecule has 8 heteroatoms. The van der Waals surface area contributed by atoms with E-state index in [0.29, 0.717) is 17.0 Å². The first kappa shape index (κ1) is 19.8. The van der Waals surface area contributed by atoms with E-state index in [1.54, 1.807) is 24.4 Å². The van der Waals surface area contributed by atoms with Gasteiger partial charge in [-0.25, -0.2) is 8.42 Å². The van der Waals surface area contributed by atoms with Gasteiger partial charge in [-0.3, -0.25) is 14.5 Å². The highest BCUT2D eigenvalue weighted by Crippen LogP contribution is 2.28. The lowest BCUT2D eigenvalue weighted by atomic mass is 10.1. The second-order valence-electron chi connectivity index (χ2n) is 7.13. The van der Waals surface area contributed by atoms with E-state index in [0.717, 1.165) is 16.2 Å². The number of amides is 1. The van der Waals surface area contributed by atoms with E-state index >= 15 is 0 Å². The van der Waals surface area contributed by atoms with Crippen molar-refractivity contribution < 1.29 is 17.6 Å². The summed E-state index contributed by atoms with van der Waals surface area (Å²) in [6.07, 6.45) is 2.97. The maximum absolute atomic E-state index is 12.7. The molecule has 3 aromatic carbocycles. The van der Waals surface area contributed by atoms with Crippen molar-refractivity contribution in [2.24, 2.45) is 0 Å². The van der Waals surface area contributed by atoms with E-state index in [9.17, 15) is 13.2 Å². The van der Waals surface area contributed by atoms with Gasteiger partial charge in [0.05, 0.1) is 16.8 Å². The van der Waals surface area contributed by atoms with Crippen LogP contribution in [0.3, 0.4) is 0 Å². The number of furan rings is 1. The fourth-order valence-corrected chi connectivity index (χ4v) is 4.50. The zero-order valence-electron chi connectivity index (χ0n) is 16.6. The standard InChI is InChI=1S/C24H17N3O4S/c28-24(23-14-21-20-6-2-1-4-16(20)7-12-22(21)31-23)26-17-8-10-19(11-9-17)32(29,30)27-18-5-3-13-25-15-18/h1-15,27H,(H,26,28). The van der Waals surface area contributed by atoms with Gasteiger partial charge in [0, 0.05) is 17.3 Å². The third kappa shape index (κ3) is 3.79. The van der Waals surface area contributed by atoms with Crippen LogP contribution in [0.1, 0.15) is 10.6 Å². The van der Waals surface area contributed by atoms with Crippen molar-refractivity contribution in [2.45, 2.75) is 4.90 Å². The van der Waals surface area contributed by atoms with Gasteiger partial charge in [0.1, 0.15) is 5.58 Å². The van der Waals surface area contributed by atoms with Crippen LogP contribution in [-0.2, 0) is 10.0 Å². The van der Waals surface area contributed by atoms with E-state index in [4.69, 9.17) is 4.42 Å². The summed E-state index contributed by atoms with van der Waals surface area (Å²) in [5.41, 5.74) is 1.43. The summed E-state index contributed by atoms with van der Waals surface area (Å²) in [6.45, 7) is 0. The minimum atomic E-state index is -3.77. The summed E-state index contributed by atoms with van der Waals surface area (Å²) >= 11 is 0. The Labute approximate surface area is 183 Å². The first-order valence-electron chi connectivity index (χ1n) is 9.75. The molecule has 0 aliphatic heterocycles. The van der Waals surface area contributed by atoms with E-state index < -0.39 is 15.9 Å². The second-order valence-corrected chi connectivity index (χ2v) is 8.82. The van der Waals surface area contributed by atoms with E-state index in [2.05, 4.69) is 15.0 Å². The van der Waals surface area contributed by atoms with Crippen LogP contribution in [0.2, 0.25) is 0 Å². The van der Waals surface area contributed by atoms with E-state index in [1.165, 1.54) is 30.5 Å². The van der Waals surface area contributed by atoms with Crippen LogP contribution in [0, 0.1) is 0 Å². The maximum atomic E-state index is 12.7. The number of benzene rings is 3. The molecule has 0 atom stereocenters. The molecule has 0 unspecified atom stereocenters. The van der Waals surface area contributed by atoms with E-state index in [-0.39, 0.29) is 10.7 Å². The zero-order valence-corrected chi connectivity index (χ0v) is 17.5. The fraction of sp³-hybridized carbons (Fsp3) is 0. The second kappa shape index (κ2) is 7.82. The summed E-state index contributed by atoms with van der Waals surface area (Å²) in [4.78, 5) is 16.7. The first-order valence-corrected chi connectivity index (χ1v) is 11.2. The molecule has 1 amide bonds. The summed E-state index contributed by atoms with van der Waals surface area (Å²) < 4.78 is 33.2. The van der Waals surface area contributed by atoms with Gasteiger partial charge in [-0.2, -0.15) is 0 Å². The summed E-state index contributed by atoms with van der Waals surface area (Å²) in [7, 11) is -3.77. The number of pyridine rings is 1. The quantitative estimate of drug-likeness (QED) is 0.397. The molecule has 158 valence electrons. The van der Waals surface area contributed by atoms with Gasteiger partial charge in [0.15, 0.2) is 5.76 Å². The van der Waals surface area contributed by atoms with Gasteiger partial charge in [0.25, 0.3) is 15.9 Å². The molecule has 32 heavy (non-hydrogen) atoms. The first-order chi connectivity index (χ1) is 15.5. The van der Waals surface area contributed by atoms with Crippen molar-refractivity contribution in [2.75, 3.05) is 10.0 Å². The van der Waals surface area contributed by atoms with Gasteiger partial charge in [-0.15, -0.1) is 0 Å². The van der Waals surface area contributed by atoms with Crippen molar-refractivity contribution in [3.8, 4) is 0 Å². The lowest BCUT2D eigenvalue weighted by molar-refractivity contribution is 0.0998. The summed E-state index contributed by atoms with van der Waals surface area (Å²) in [6, 6.07) is 22.5. The minimum Gasteiger partial charge on any atom is -0.451 e. The third-order valence-electron chi connectivity index (χ3n) is 4.99. The predicted molar refractivity (Wildman–Crippen MR) is 123 cm³/mol. The normalized spacial score (nSPS) is 11.5. The predicted octanol–water partition coefficient (Wildman–Crippen LogP) is 5.03. The SMILES string of the molecule is O=C(Nc1ccc(S(=O)(=O)Nc2cccnc2)cc1)c1cc2c(ccc3ccccc32)o1. The number of nitrogens with one attached hydrogen (secondary N) is 2. The number of aromatic nitrogens is 1. The lowest BCUT2D eigenvalue weighted by Gasteiger charge is -2.08. The molecule has 0 bridgehead atoms. The highest BCUT2D eigenvalue weighted by molar-refractivity contribution is 7.92. The van der Waals surface area contributed by atoms with Gasteiger partial charge < -0.3 is 9.73 Å². The van der Waals surface area contributed by atoms with Crippen LogP contribution < -0.4 is 10.0 Å². The molecule has 2 aromatic heterocycles. The molecule has 7 nitrogen and oxygen atoms in total. The number of rotatable bonds is 5. The highest BCUT2D eigenvalue weighted by atomic mass is 32.2. The Morgan fingerprint density at radius 2 is 1.66 bits per heavy atom. The van der Waals surface area contributed by atoms with Crippen molar-refractivity contribution in [3.63, 3.8) is 0 Å². The number of carbonyl (C=O) groups is 1. The number of anilines is 2. The molecule has 0 saturated heterocycles. The Hall–Kier alpha value is -4.17. The molecular weight excluding hydrogens is 426 g/mol. The Morgan fingerprint density at radius 3 is 2.44 bits per heavy atom. The van der Waals surface area contributed by atoms with Crippen LogP contribution in [-0.4, -0.2) is 19.3 Å². The third-order valence-corrected chi connectivity index (χ3v) is 6.38. The van der Waals surface area contributed by atoms with Crippen molar-refractivity contribution in [1.29, 1.82) is 0 Å². The molecule has 5 aromatic rings. The Balaban J connectivity index is 1.35. The number of nitrogens with zero attached hydrogens (tertiary/aromatic N) is 1. The number of fused-ring (bicyclic) bond motifs is 3. The van der Waals surface area contributed by atoms with Crippen LogP contribution in [0.5, 0.6) is 0 Å². The van der Waals surface area contributed by atoms with Crippen molar-refractivity contribution in [1.82, 2.24) is 4.98 Å². The summed E-state index contributed by atoms with van der Waals surface area (Å²) in [5, 5.41) is 5.66. The number of hydrogen-bond donors (Lipinski definition) is 2. The minimum absolute atomic E-state index is 0.0644. The monoisotopic (exact) mass is 443 g/mol. The maximum Gasteiger partial charge on any atom is 0.291 e. The molecule has 2 N–H and O–H groups in total. The molecule has 0 radical (unpaired) electrons. The van der Waals surface area contributed by atoms with Crippen LogP contribution in [0.4, 0.5) is 11.4 Å². The van der Waals surface area contributed by atoms with Gasteiger partial charge in [0.2, 0.25) is 0 Å². The number of carbonyl (C=O) groups excluding carboxylic acids is 1. The molecule has 2 heterocycles. The smallest absolute Gasteiger partial charge is 0.291 e. The highest BCUT2D eigenvalue weighted by Gasteiger charge is 2.16. The number of hydrogen-bond acceptors (Lipinski definition) is 5. The molecule has 5 rings (SSSR count). The zero-order chi connectivity index (χ0) is 22.1. The molecule has 0 fully saturated rings. The topological polar surface area (TPSA) is 101 Å². The van der Waals surface area contributed by atoms with Gasteiger partial charge in [-0.1, -0.05) is 30.3 Å². The average molecular weight is 443 g/mol.